The van der Waals surface area contributed by atoms with Gasteiger partial charge in [0.05, 0.1) is 10.0 Å². The van der Waals surface area contributed by atoms with Gasteiger partial charge in [-0.3, -0.25) is 0 Å². The van der Waals surface area contributed by atoms with Gasteiger partial charge < -0.3 is 0 Å². The van der Waals surface area contributed by atoms with Gasteiger partial charge in [0.15, 0.2) is 0 Å². The number of hydrogen-bond acceptors (Lipinski definition) is 0. The van der Waals surface area contributed by atoms with Crippen LogP contribution in [0.15, 0.2) is 24.8 Å². The Bertz CT molecular complexity index is 290. The maximum atomic E-state index is 5.78. The Balaban J connectivity index is 0.000000671. The van der Waals surface area contributed by atoms with Gasteiger partial charge >= 0.3 is 0 Å². The first-order valence-corrected chi connectivity index (χ1v) is 4.98. The van der Waals surface area contributed by atoms with E-state index in [1.54, 1.807) is 6.07 Å². The lowest BCUT2D eigenvalue weighted by molar-refractivity contribution is 1.50. The normalized spacial score (nSPS) is 8.69. The highest BCUT2D eigenvalue weighted by Gasteiger charge is 1.98. The van der Waals surface area contributed by atoms with Crippen LogP contribution in [0.2, 0.25) is 10.0 Å². The first kappa shape index (κ1) is 12.5. The zero-order valence-electron chi connectivity index (χ0n) is 8.20. The number of hydrogen-bond donors (Lipinski definition) is 0. The second-order valence-electron chi connectivity index (χ2n) is 2.41. The summed E-state index contributed by atoms with van der Waals surface area (Å²) < 4.78 is 0. The van der Waals surface area contributed by atoms with E-state index in [0.29, 0.717) is 10.0 Å². The molecule has 0 heterocycles. The highest BCUT2D eigenvalue weighted by Crippen LogP contribution is 2.25. The van der Waals surface area contributed by atoms with Crippen LogP contribution in [-0.4, -0.2) is 0 Å². The Morgan fingerprint density at radius 1 is 1.15 bits per heavy atom. The summed E-state index contributed by atoms with van der Waals surface area (Å²) in [6, 6.07) is 5.48. The Labute approximate surface area is 90.2 Å². The molecule has 0 N–H and O–H groups in total. The summed E-state index contributed by atoms with van der Waals surface area (Å²) in [6.45, 7) is 9.72. The summed E-state index contributed by atoms with van der Waals surface area (Å²) >= 11 is 11.5. The van der Waals surface area contributed by atoms with Crippen molar-refractivity contribution >= 4 is 28.8 Å². The molecule has 0 saturated heterocycles. The third-order valence-corrected chi connectivity index (χ3v) is 2.15. The fourth-order valence-electron chi connectivity index (χ4n) is 0.762. The molecule has 13 heavy (non-hydrogen) atoms. The highest BCUT2D eigenvalue weighted by molar-refractivity contribution is 6.42. The summed E-state index contributed by atoms with van der Waals surface area (Å²) in [5.41, 5.74) is 2.02. The lowest BCUT2D eigenvalue weighted by atomic mass is 10.1. The summed E-state index contributed by atoms with van der Waals surface area (Å²) in [6.07, 6.45) is 0. The molecule has 1 aromatic rings. The van der Waals surface area contributed by atoms with E-state index in [1.807, 2.05) is 32.9 Å². The molecule has 72 valence electrons. The SMILES string of the molecule is C=C(C)c1ccc(Cl)c(Cl)c1.CC. The summed E-state index contributed by atoms with van der Waals surface area (Å²) in [5.74, 6) is 0. The van der Waals surface area contributed by atoms with E-state index in [9.17, 15) is 0 Å². The van der Waals surface area contributed by atoms with E-state index >= 15 is 0 Å². The van der Waals surface area contributed by atoms with Gasteiger partial charge in [-0.2, -0.15) is 0 Å². The minimum atomic E-state index is 0.576. The van der Waals surface area contributed by atoms with Crippen LogP contribution in [0.25, 0.3) is 5.57 Å². The average molecular weight is 217 g/mol. The molecule has 2 heteroatoms. The molecule has 0 atom stereocenters. The van der Waals surface area contributed by atoms with Crippen LogP contribution >= 0.6 is 23.2 Å². The molecule has 0 amide bonds. The number of benzene rings is 1. The third kappa shape index (κ3) is 3.84. The lowest BCUT2D eigenvalue weighted by Crippen LogP contribution is -1.77. The molecule has 0 radical (unpaired) electrons. The molecule has 0 nitrogen and oxygen atoms in total. The van der Waals surface area contributed by atoms with Crippen molar-refractivity contribution in [2.75, 3.05) is 0 Å². The van der Waals surface area contributed by atoms with Gasteiger partial charge in [0.2, 0.25) is 0 Å². The minimum absolute atomic E-state index is 0.576. The van der Waals surface area contributed by atoms with Gasteiger partial charge in [-0.1, -0.05) is 55.3 Å². The molecule has 0 aliphatic carbocycles. The van der Waals surface area contributed by atoms with Gasteiger partial charge in [0, 0.05) is 0 Å². The van der Waals surface area contributed by atoms with E-state index < -0.39 is 0 Å². The lowest BCUT2D eigenvalue weighted by Gasteiger charge is -2.00. The predicted octanol–water partition coefficient (Wildman–Crippen LogP) is 5.05. The van der Waals surface area contributed by atoms with Gasteiger partial charge in [0.25, 0.3) is 0 Å². The molecular formula is C11H14Cl2. The molecule has 0 aliphatic rings. The van der Waals surface area contributed by atoms with Crippen molar-refractivity contribution in [1.29, 1.82) is 0 Å². The van der Waals surface area contributed by atoms with Crippen molar-refractivity contribution in [2.45, 2.75) is 20.8 Å². The Morgan fingerprint density at radius 3 is 2.08 bits per heavy atom. The molecule has 0 fully saturated rings. The smallest absolute Gasteiger partial charge is 0.0598 e. The summed E-state index contributed by atoms with van der Waals surface area (Å²) in [4.78, 5) is 0. The molecule has 1 aromatic carbocycles. The van der Waals surface area contributed by atoms with Crippen LogP contribution in [0.4, 0.5) is 0 Å². The third-order valence-electron chi connectivity index (χ3n) is 1.41. The molecule has 0 spiro atoms. The van der Waals surface area contributed by atoms with Gasteiger partial charge in [-0.15, -0.1) is 0 Å². The first-order chi connectivity index (χ1) is 6.11. The van der Waals surface area contributed by atoms with Crippen LogP contribution in [-0.2, 0) is 0 Å². The van der Waals surface area contributed by atoms with Crippen LogP contribution in [0.5, 0.6) is 0 Å². The minimum Gasteiger partial charge on any atom is -0.0955 e. The van der Waals surface area contributed by atoms with E-state index in [4.69, 9.17) is 23.2 Å². The van der Waals surface area contributed by atoms with Gasteiger partial charge in [-0.25, -0.2) is 0 Å². The fourth-order valence-corrected chi connectivity index (χ4v) is 1.06. The molecule has 1 rings (SSSR count). The Hall–Kier alpha value is -0.460. The van der Waals surface area contributed by atoms with Crippen molar-refractivity contribution in [2.24, 2.45) is 0 Å². The van der Waals surface area contributed by atoms with Crippen molar-refractivity contribution in [3.63, 3.8) is 0 Å². The Morgan fingerprint density at radius 2 is 1.69 bits per heavy atom. The van der Waals surface area contributed by atoms with E-state index in [1.165, 1.54) is 0 Å². The highest BCUT2D eigenvalue weighted by atomic mass is 35.5. The van der Waals surface area contributed by atoms with Crippen LogP contribution < -0.4 is 0 Å². The monoisotopic (exact) mass is 216 g/mol. The quantitative estimate of drug-likeness (QED) is 0.617. The molecule has 0 aliphatic heterocycles. The van der Waals surface area contributed by atoms with Crippen molar-refractivity contribution in [1.82, 2.24) is 0 Å². The van der Waals surface area contributed by atoms with E-state index in [0.717, 1.165) is 11.1 Å². The zero-order chi connectivity index (χ0) is 10.4. The van der Waals surface area contributed by atoms with Crippen LogP contribution in [0.1, 0.15) is 26.3 Å². The predicted molar refractivity (Wildman–Crippen MR) is 62.5 cm³/mol. The van der Waals surface area contributed by atoms with Crippen molar-refractivity contribution in [3.8, 4) is 0 Å². The maximum Gasteiger partial charge on any atom is 0.0598 e. The molecule has 0 bridgehead atoms. The number of allylic oxidation sites excluding steroid dienone is 1. The van der Waals surface area contributed by atoms with Gasteiger partial charge in [0.1, 0.15) is 0 Å². The molecular weight excluding hydrogens is 203 g/mol. The standard InChI is InChI=1S/C9H8Cl2.C2H6/c1-6(2)7-3-4-8(10)9(11)5-7;1-2/h3-5H,1H2,2H3;1-2H3. The maximum absolute atomic E-state index is 5.78. The Kier molecular flexibility index (Phi) is 5.85. The largest absolute Gasteiger partial charge is 0.0955 e. The van der Waals surface area contributed by atoms with Crippen molar-refractivity contribution in [3.05, 3.63) is 40.4 Å². The molecule has 0 saturated carbocycles. The average Bonchev–Trinajstić information content (AvgIpc) is 2.13. The summed E-state index contributed by atoms with van der Waals surface area (Å²) in [5, 5.41) is 1.16. The zero-order valence-corrected chi connectivity index (χ0v) is 9.71. The second-order valence-corrected chi connectivity index (χ2v) is 3.22. The topological polar surface area (TPSA) is 0 Å². The van der Waals surface area contributed by atoms with Crippen LogP contribution in [0.3, 0.4) is 0 Å². The number of halogens is 2. The molecule has 0 aromatic heterocycles. The fraction of sp³-hybridized carbons (Fsp3) is 0.273. The van der Waals surface area contributed by atoms with E-state index in [2.05, 4.69) is 6.58 Å². The van der Waals surface area contributed by atoms with Crippen LogP contribution in [0, 0.1) is 0 Å². The first-order valence-electron chi connectivity index (χ1n) is 4.22. The van der Waals surface area contributed by atoms with Crippen molar-refractivity contribution < 1.29 is 0 Å². The second kappa shape index (κ2) is 6.06. The summed E-state index contributed by atoms with van der Waals surface area (Å²) in [7, 11) is 0. The number of rotatable bonds is 1. The van der Waals surface area contributed by atoms with E-state index in [-0.39, 0.29) is 0 Å². The molecule has 0 unspecified atom stereocenters. The van der Waals surface area contributed by atoms with Gasteiger partial charge in [-0.05, 0) is 24.6 Å².